The summed E-state index contributed by atoms with van der Waals surface area (Å²) >= 11 is 0. The number of benzene rings is 2. The fourth-order valence-corrected chi connectivity index (χ4v) is 3.92. The van der Waals surface area contributed by atoms with Crippen LogP contribution in [0.5, 0.6) is 17.2 Å². The third-order valence-electron chi connectivity index (χ3n) is 5.68. The van der Waals surface area contributed by atoms with Crippen LogP contribution in [0.3, 0.4) is 0 Å². The first-order valence-electron chi connectivity index (χ1n) is 11.1. The van der Waals surface area contributed by atoms with Gasteiger partial charge in [0.1, 0.15) is 5.75 Å². The van der Waals surface area contributed by atoms with Crippen molar-refractivity contribution in [1.29, 1.82) is 0 Å². The summed E-state index contributed by atoms with van der Waals surface area (Å²) in [6, 6.07) is 14.3. The molecule has 0 bridgehead atoms. The van der Waals surface area contributed by atoms with Crippen LogP contribution in [0.15, 0.2) is 47.5 Å². The second-order valence-corrected chi connectivity index (χ2v) is 7.73. The average Bonchev–Trinajstić information content (AvgIpc) is 3.09. The van der Waals surface area contributed by atoms with Crippen molar-refractivity contribution in [3.05, 3.63) is 48.0 Å². The fraction of sp³-hybridized carbons (Fsp3) is 0.458. The van der Waals surface area contributed by atoms with E-state index in [1.807, 2.05) is 30.3 Å². The van der Waals surface area contributed by atoms with E-state index in [1.165, 1.54) is 5.56 Å². The van der Waals surface area contributed by atoms with Crippen molar-refractivity contribution in [3.8, 4) is 17.2 Å². The normalized spacial score (nSPS) is 17.9. The van der Waals surface area contributed by atoms with E-state index in [0.717, 1.165) is 55.7 Å². The first-order valence-corrected chi connectivity index (χ1v) is 11.1. The third-order valence-corrected chi connectivity index (χ3v) is 5.68. The summed E-state index contributed by atoms with van der Waals surface area (Å²) in [6.07, 6.45) is 0.884. The maximum absolute atomic E-state index is 5.80. The van der Waals surface area contributed by atoms with Crippen molar-refractivity contribution in [2.24, 2.45) is 4.99 Å². The van der Waals surface area contributed by atoms with E-state index in [1.54, 1.807) is 14.2 Å². The summed E-state index contributed by atoms with van der Waals surface area (Å²) in [5.41, 5.74) is 2.13. The van der Waals surface area contributed by atoms with Gasteiger partial charge >= 0.3 is 0 Å². The van der Waals surface area contributed by atoms with Crippen molar-refractivity contribution in [2.45, 2.75) is 12.5 Å². The molecule has 0 radical (unpaired) electrons. The zero-order valence-electron chi connectivity index (χ0n) is 18.8. The molecule has 4 rings (SSSR count). The molecule has 172 valence electrons. The number of nitrogens with one attached hydrogen (secondary N) is 2. The van der Waals surface area contributed by atoms with Gasteiger partial charge in [-0.25, -0.2) is 0 Å². The van der Waals surface area contributed by atoms with Crippen LogP contribution in [0.4, 0.5) is 5.69 Å². The van der Waals surface area contributed by atoms with E-state index in [-0.39, 0.29) is 6.04 Å². The maximum atomic E-state index is 5.80. The van der Waals surface area contributed by atoms with Crippen LogP contribution in [-0.2, 0) is 4.74 Å². The Hall–Kier alpha value is -2.97. The molecule has 2 aromatic carbocycles. The number of hydrogen-bond donors (Lipinski definition) is 2. The number of nitrogens with zero attached hydrogens (tertiary/aromatic N) is 2. The van der Waals surface area contributed by atoms with Gasteiger partial charge in [0.05, 0.1) is 39.6 Å². The molecular formula is C24H32N4O4. The molecule has 1 atom stereocenters. The molecule has 1 fully saturated rings. The number of aliphatic imine (C=N–C) groups is 1. The van der Waals surface area contributed by atoms with Gasteiger partial charge in [0, 0.05) is 44.9 Å². The van der Waals surface area contributed by atoms with E-state index < -0.39 is 0 Å². The molecule has 2 aliphatic heterocycles. The second-order valence-electron chi connectivity index (χ2n) is 7.73. The van der Waals surface area contributed by atoms with Crippen LogP contribution < -0.4 is 24.8 Å². The SMILES string of the molecule is CN=C(NCC(c1ccc(OC)cc1)N1CCOCC1)Nc1ccc2c(c1)OCCCO2. The zero-order valence-corrected chi connectivity index (χ0v) is 18.8. The lowest BCUT2D eigenvalue weighted by molar-refractivity contribution is 0.0170. The Labute approximate surface area is 189 Å². The highest BCUT2D eigenvalue weighted by Crippen LogP contribution is 2.32. The fourth-order valence-electron chi connectivity index (χ4n) is 3.92. The highest BCUT2D eigenvalue weighted by molar-refractivity contribution is 5.93. The second kappa shape index (κ2) is 11.1. The van der Waals surface area contributed by atoms with E-state index in [4.69, 9.17) is 18.9 Å². The molecule has 2 N–H and O–H groups in total. The third kappa shape index (κ3) is 5.63. The van der Waals surface area contributed by atoms with Crippen molar-refractivity contribution in [2.75, 3.05) is 65.5 Å². The first-order chi connectivity index (χ1) is 15.8. The summed E-state index contributed by atoms with van der Waals surface area (Å²) < 4.78 is 22.4. The molecule has 8 heteroatoms. The molecule has 2 aliphatic rings. The van der Waals surface area contributed by atoms with Crippen LogP contribution in [0.2, 0.25) is 0 Å². The predicted octanol–water partition coefficient (Wildman–Crippen LogP) is 2.92. The molecule has 8 nitrogen and oxygen atoms in total. The van der Waals surface area contributed by atoms with Crippen LogP contribution in [0.25, 0.3) is 0 Å². The number of ether oxygens (including phenoxy) is 4. The Kier molecular flexibility index (Phi) is 7.68. The topological polar surface area (TPSA) is 76.6 Å². The van der Waals surface area contributed by atoms with Gasteiger partial charge < -0.3 is 29.6 Å². The molecule has 0 aromatic heterocycles. The molecule has 1 unspecified atom stereocenters. The predicted molar refractivity (Wildman–Crippen MR) is 125 cm³/mol. The van der Waals surface area contributed by atoms with Crippen molar-refractivity contribution in [3.63, 3.8) is 0 Å². The Bertz CT molecular complexity index is 897. The number of guanidine groups is 1. The minimum absolute atomic E-state index is 0.187. The first kappa shape index (κ1) is 22.2. The zero-order chi connectivity index (χ0) is 22.2. The highest BCUT2D eigenvalue weighted by Gasteiger charge is 2.23. The van der Waals surface area contributed by atoms with Gasteiger partial charge in [-0.15, -0.1) is 0 Å². The summed E-state index contributed by atoms with van der Waals surface area (Å²) in [5, 5.41) is 6.86. The van der Waals surface area contributed by atoms with Gasteiger partial charge in [-0.05, 0) is 29.8 Å². The number of rotatable bonds is 6. The van der Waals surface area contributed by atoms with Gasteiger partial charge in [-0.3, -0.25) is 9.89 Å². The van der Waals surface area contributed by atoms with Crippen LogP contribution in [0, 0.1) is 0 Å². The molecule has 2 aromatic rings. The molecule has 0 spiro atoms. The lowest BCUT2D eigenvalue weighted by Gasteiger charge is -2.35. The Morgan fingerprint density at radius 2 is 1.78 bits per heavy atom. The van der Waals surface area contributed by atoms with E-state index >= 15 is 0 Å². The number of fused-ring (bicyclic) bond motifs is 1. The number of methoxy groups -OCH3 is 1. The Morgan fingerprint density at radius 3 is 2.50 bits per heavy atom. The van der Waals surface area contributed by atoms with Gasteiger partial charge in [0.15, 0.2) is 17.5 Å². The van der Waals surface area contributed by atoms with E-state index in [9.17, 15) is 0 Å². The Balaban J connectivity index is 1.44. The summed E-state index contributed by atoms with van der Waals surface area (Å²) in [6.45, 7) is 5.33. The van der Waals surface area contributed by atoms with Crippen LogP contribution >= 0.6 is 0 Å². The standard InChI is InChI=1S/C24H32N4O4/c1-25-24(27-19-6-9-22-23(16-19)32-13-3-12-31-22)26-17-21(28-10-14-30-15-11-28)18-4-7-20(29-2)8-5-18/h4-9,16,21H,3,10-15,17H2,1-2H3,(H2,25,26,27). The van der Waals surface area contributed by atoms with Crippen LogP contribution in [0.1, 0.15) is 18.0 Å². The smallest absolute Gasteiger partial charge is 0.195 e. The average molecular weight is 441 g/mol. The lowest BCUT2D eigenvalue weighted by atomic mass is 10.0. The van der Waals surface area contributed by atoms with Crippen LogP contribution in [-0.4, -0.2) is 71.1 Å². The quantitative estimate of drug-likeness (QED) is 0.528. The summed E-state index contributed by atoms with van der Waals surface area (Å²) in [4.78, 5) is 6.85. The largest absolute Gasteiger partial charge is 0.497 e. The monoisotopic (exact) mass is 440 g/mol. The van der Waals surface area contributed by atoms with E-state index in [0.29, 0.717) is 25.7 Å². The minimum Gasteiger partial charge on any atom is -0.497 e. The van der Waals surface area contributed by atoms with E-state index in [2.05, 4.69) is 32.7 Å². The molecule has 0 saturated carbocycles. The molecule has 1 saturated heterocycles. The minimum atomic E-state index is 0.187. The molecule has 2 heterocycles. The van der Waals surface area contributed by atoms with Crippen molar-refractivity contribution in [1.82, 2.24) is 10.2 Å². The van der Waals surface area contributed by atoms with Crippen molar-refractivity contribution >= 4 is 11.6 Å². The van der Waals surface area contributed by atoms with Gasteiger partial charge in [-0.2, -0.15) is 0 Å². The Morgan fingerprint density at radius 1 is 1.03 bits per heavy atom. The number of morpholine rings is 1. The lowest BCUT2D eigenvalue weighted by Crippen LogP contribution is -2.44. The summed E-state index contributed by atoms with van der Waals surface area (Å²) in [7, 11) is 3.46. The van der Waals surface area contributed by atoms with Crippen molar-refractivity contribution < 1.29 is 18.9 Å². The molecule has 0 amide bonds. The number of anilines is 1. The highest BCUT2D eigenvalue weighted by atomic mass is 16.5. The molecule has 32 heavy (non-hydrogen) atoms. The van der Waals surface area contributed by atoms with Gasteiger partial charge in [0.25, 0.3) is 0 Å². The molecular weight excluding hydrogens is 408 g/mol. The number of hydrogen-bond acceptors (Lipinski definition) is 6. The van der Waals surface area contributed by atoms with Gasteiger partial charge in [0.2, 0.25) is 0 Å². The molecule has 0 aliphatic carbocycles. The van der Waals surface area contributed by atoms with Gasteiger partial charge in [-0.1, -0.05) is 12.1 Å². The summed E-state index contributed by atoms with van der Waals surface area (Å²) in [5.74, 6) is 3.09. The maximum Gasteiger partial charge on any atom is 0.195 e.